The minimum Gasteiger partial charge on any atom is -0.382 e. The second-order valence-corrected chi connectivity index (χ2v) is 4.47. The Kier molecular flexibility index (Phi) is 3.59. The van der Waals surface area contributed by atoms with Crippen LogP contribution in [-0.2, 0) is 15.0 Å². The molecule has 1 aromatic carbocycles. The number of ether oxygens (including phenoxy) is 2. The first kappa shape index (κ1) is 11.6. The lowest BCUT2D eigenvalue weighted by molar-refractivity contribution is -0.0605. The molecule has 2 unspecified atom stereocenters. The average Bonchev–Trinajstić information content (AvgIpc) is 2.34. The van der Waals surface area contributed by atoms with Crippen LogP contribution in [0.25, 0.3) is 0 Å². The van der Waals surface area contributed by atoms with Crippen molar-refractivity contribution in [3.8, 4) is 0 Å². The van der Waals surface area contributed by atoms with E-state index in [0.29, 0.717) is 13.2 Å². The van der Waals surface area contributed by atoms with Gasteiger partial charge in [-0.2, -0.15) is 0 Å². The number of nitrogens with one attached hydrogen (secondary N) is 1. The molecule has 1 aliphatic rings. The zero-order chi connectivity index (χ0) is 11.4. The molecule has 1 aromatic rings. The van der Waals surface area contributed by atoms with Crippen LogP contribution in [0.3, 0.4) is 0 Å². The molecule has 16 heavy (non-hydrogen) atoms. The maximum absolute atomic E-state index is 5.80. The van der Waals surface area contributed by atoms with Crippen molar-refractivity contribution in [2.75, 3.05) is 26.9 Å². The Balaban J connectivity index is 2.01. The number of hydrogen-bond acceptors (Lipinski definition) is 3. The van der Waals surface area contributed by atoms with Crippen LogP contribution >= 0.6 is 0 Å². The van der Waals surface area contributed by atoms with Gasteiger partial charge < -0.3 is 14.8 Å². The van der Waals surface area contributed by atoms with Crippen LogP contribution < -0.4 is 5.32 Å². The van der Waals surface area contributed by atoms with Gasteiger partial charge in [0.25, 0.3) is 0 Å². The van der Waals surface area contributed by atoms with E-state index >= 15 is 0 Å². The lowest BCUT2D eigenvalue weighted by Crippen LogP contribution is -2.54. The maximum Gasteiger partial charge on any atom is 0.0933 e. The zero-order valence-electron chi connectivity index (χ0n) is 9.90. The highest BCUT2D eigenvalue weighted by Crippen LogP contribution is 2.24. The van der Waals surface area contributed by atoms with E-state index in [0.717, 1.165) is 6.54 Å². The summed E-state index contributed by atoms with van der Waals surface area (Å²) in [5.74, 6) is 0. The summed E-state index contributed by atoms with van der Waals surface area (Å²) < 4.78 is 10.9. The van der Waals surface area contributed by atoms with Crippen LogP contribution in [-0.4, -0.2) is 33.0 Å². The summed E-state index contributed by atoms with van der Waals surface area (Å²) in [6.07, 6.45) is 0.168. The fourth-order valence-corrected chi connectivity index (χ4v) is 2.02. The van der Waals surface area contributed by atoms with Gasteiger partial charge in [0.05, 0.1) is 24.9 Å². The highest BCUT2D eigenvalue weighted by atomic mass is 16.5. The van der Waals surface area contributed by atoms with Crippen molar-refractivity contribution in [1.29, 1.82) is 0 Å². The molecule has 1 heterocycles. The molecule has 2 atom stereocenters. The van der Waals surface area contributed by atoms with Gasteiger partial charge in [-0.05, 0) is 12.5 Å². The molecule has 2 rings (SSSR count). The van der Waals surface area contributed by atoms with Crippen LogP contribution in [0.2, 0.25) is 0 Å². The van der Waals surface area contributed by atoms with Gasteiger partial charge in [-0.1, -0.05) is 30.3 Å². The molecule has 1 fully saturated rings. The third-order valence-corrected chi connectivity index (χ3v) is 3.09. The van der Waals surface area contributed by atoms with Crippen molar-refractivity contribution < 1.29 is 9.47 Å². The van der Waals surface area contributed by atoms with Crippen LogP contribution in [0.15, 0.2) is 30.3 Å². The largest absolute Gasteiger partial charge is 0.382 e. The Hall–Kier alpha value is -0.900. The molecule has 0 spiro atoms. The molecule has 0 radical (unpaired) electrons. The first-order valence-electron chi connectivity index (χ1n) is 5.66. The molecule has 3 nitrogen and oxygen atoms in total. The summed E-state index contributed by atoms with van der Waals surface area (Å²) in [6.45, 7) is 4.34. The Labute approximate surface area is 96.8 Å². The van der Waals surface area contributed by atoms with Crippen molar-refractivity contribution in [2.45, 2.75) is 18.6 Å². The smallest absolute Gasteiger partial charge is 0.0933 e. The van der Waals surface area contributed by atoms with Crippen LogP contribution in [0.1, 0.15) is 12.5 Å². The van der Waals surface area contributed by atoms with Gasteiger partial charge in [0.2, 0.25) is 0 Å². The molecule has 1 saturated heterocycles. The molecule has 0 bridgehead atoms. The fourth-order valence-electron chi connectivity index (χ4n) is 2.02. The van der Waals surface area contributed by atoms with E-state index in [1.165, 1.54) is 5.56 Å². The summed E-state index contributed by atoms with van der Waals surface area (Å²) in [5, 5.41) is 3.54. The van der Waals surface area contributed by atoms with Crippen molar-refractivity contribution in [3.05, 3.63) is 35.9 Å². The molecule has 88 valence electrons. The summed E-state index contributed by atoms with van der Waals surface area (Å²) in [4.78, 5) is 0. The minimum absolute atomic E-state index is 0.0779. The SMILES string of the molecule is COCC1CNC(C)(c2ccccc2)CO1. The van der Waals surface area contributed by atoms with Crippen molar-refractivity contribution in [3.63, 3.8) is 0 Å². The van der Waals surface area contributed by atoms with Crippen LogP contribution in [0.4, 0.5) is 0 Å². The third-order valence-electron chi connectivity index (χ3n) is 3.09. The van der Waals surface area contributed by atoms with Crippen molar-refractivity contribution >= 4 is 0 Å². The maximum atomic E-state index is 5.80. The van der Waals surface area contributed by atoms with Crippen molar-refractivity contribution in [1.82, 2.24) is 5.32 Å². The number of morpholine rings is 1. The topological polar surface area (TPSA) is 30.5 Å². The number of methoxy groups -OCH3 is 1. The first-order chi connectivity index (χ1) is 7.74. The quantitative estimate of drug-likeness (QED) is 0.839. The highest BCUT2D eigenvalue weighted by molar-refractivity contribution is 5.24. The molecule has 0 amide bonds. The normalized spacial score (nSPS) is 30.2. The third kappa shape index (κ3) is 2.43. The van der Waals surface area contributed by atoms with E-state index in [2.05, 4.69) is 36.5 Å². The van der Waals surface area contributed by atoms with Gasteiger partial charge in [-0.15, -0.1) is 0 Å². The van der Waals surface area contributed by atoms with E-state index in [4.69, 9.17) is 9.47 Å². The highest BCUT2D eigenvalue weighted by Gasteiger charge is 2.32. The fraction of sp³-hybridized carbons (Fsp3) is 0.538. The molecule has 0 saturated carbocycles. The molecule has 0 aliphatic carbocycles. The molecule has 1 aliphatic heterocycles. The van der Waals surface area contributed by atoms with E-state index in [1.807, 2.05) is 6.07 Å². The lowest BCUT2D eigenvalue weighted by Gasteiger charge is -2.38. The Morgan fingerprint density at radius 3 is 2.75 bits per heavy atom. The van der Waals surface area contributed by atoms with E-state index in [9.17, 15) is 0 Å². The van der Waals surface area contributed by atoms with Gasteiger partial charge in [0, 0.05) is 13.7 Å². The summed E-state index contributed by atoms with van der Waals surface area (Å²) in [5.41, 5.74) is 1.19. The van der Waals surface area contributed by atoms with E-state index in [-0.39, 0.29) is 11.6 Å². The predicted molar refractivity (Wildman–Crippen MR) is 63.4 cm³/mol. The standard InChI is InChI=1S/C13H19NO2/c1-13(11-6-4-3-5-7-11)10-16-12(8-14-13)9-15-2/h3-7,12,14H,8-10H2,1-2H3. The van der Waals surface area contributed by atoms with Crippen LogP contribution in [0, 0.1) is 0 Å². The minimum atomic E-state index is -0.0779. The van der Waals surface area contributed by atoms with Gasteiger partial charge in [-0.3, -0.25) is 0 Å². The molecule has 3 heteroatoms. The molecular formula is C13H19NO2. The summed E-state index contributed by atoms with van der Waals surface area (Å²) in [6, 6.07) is 10.4. The number of rotatable bonds is 3. The van der Waals surface area contributed by atoms with E-state index in [1.54, 1.807) is 7.11 Å². The predicted octanol–water partition coefficient (Wildman–Crippen LogP) is 1.54. The second kappa shape index (κ2) is 4.95. The zero-order valence-corrected chi connectivity index (χ0v) is 9.90. The molecular weight excluding hydrogens is 202 g/mol. The summed E-state index contributed by atoms with van der Waals surface area (Å²) in [7, 11) is 1.70. The Morgan fingerprint density at radius 2 is 2.19 bits per heavy atom. The van der Waals surface area contributed by atoms with Gasteiger partial charge in [0.15, 0.2) is 0 Å². The van der Waals surface area contributed by atoms with E-state index < -0.39 is 0 Å². The Bertz CT molecular complexity index is 318. The second-order valence-electron chi connectivity index (χ2n) is 4.47. The van der Waals surface area contributed by atoms with Gasteiger partial charge in [-0.25, -0.2) is 0 Å². The monoisotopic (exact) mass is 221 g/mol. The molecule has 1 N–H and O–H groups in total. The van der Waals surface area contributed by atoms with Crippen LogP contribution in [0.5, 0.6) is 0 Å². The first-order valence-corrected chi connectivity index (χ1v) is 5.66. The lowest BCUT2D eigenvalue weighted by atomic mass is 9.91. The average molecular weight is 221 g/mol. The number of hydrogen-bond donors (Lipinski definition) is 1. The summed E-state index contributed by atoms with van der Waals surface area (Å²) >= 11 is 0. The van der Waals surface area contributed by atoms with Gasteiger partial charge in [0.1, 0.15) is 0 Å². The van der Waals surface area contributed by atoms with Crippen molar-refractivity contribution in [2.24, 2.45) is 0 Å². The van der Waals surface area contributed by atoms with Gasteiger partial charge >= 0.3 is 0 Å². The Morgan fingerprint density at radius 1 is 1.44 bits per heavy atom. The number of benzene rings is 1. The molecule has 0 aromatic heterocycles.